The topological polar surface area (TPSA) is 49.3 Å². The molecule has 3 nitrogen and oxygen atoms in total. The molecule has 1 aromatic rings. The van der Waals surface area contributed by atoms with Gasteiger partial charge in [0.15, 0.2) is 0 Å². The molecule has 0 aromatic heterocycles. The maximum absolute atomic E-state index is 10.4. The van der Waals surface area contributed by atoms with Gasteiger partial charge < -0.3 is 5.21 Å². The number of rotatable bonds is 3. The third-order valence-corrected chi connectivity index (χ3v) is 1.45. The summed E-state index contributed by atoms with van der Waals surface area (Å²) in [4.78, 5) is 10.4. The van der Waals surface area contributed by atoms with E-state index in [1.807, 2.05) is 11.5 Å². The molecule has 0 saturated carbocycles. The van der Waals surface area contributed by atoms with Crippen molar-refractivity contribution in [3.8, 4) is 0 Å². The maximum Gasteiger partial charge on any atom is 0.150 e. The lowest BCUT2D eigenvalue weighted by molar-refractivity contribution is 0.112. The second kappa shape index (κ2) is 3.85. The highest BCUT2D eigenvalue weighted by atomic mass is 16.5. The normalized spacial score (nSPS) is 9.55. The Labute approximate surface area is 64.6 Å². The van der Waals surface area contributed by atoms with E-state index in [1.165, 1.54) is 0 Å². The zero-order chi connectivity index (χ0) is 8.10. The molecule has 1 rings (SSSR count). The molecule has 11 heavy (non-hydrogen) atoms. The summed E-state index contributed by atoms with van der Waals surface area (Å²) in [6, 6.07) is 7.09. The molecule has 0 aliphatic heterocycles. The monoisotopic (exact) mass is 151 g/mol. The van der Waals surface area contributed by atoms with E-state index in [0.29, 0.717) is 12.1 Å². The van der Waals surface area contributed by atoms with Gasteiger partial charge in [-0.25, -0.2) is 5.48 Å². The summed E-state index contributed by atoms with van der Waals surface area (Å²) < 4.78 is 0. The molecule has 0 heterocycles. The Balaban J connectivity index is 2.92. The minimum Gasteiger partial charge on any atom is -0.316 e. The van der Waals surface area contributed by atoms with Gasteiger partial charge in [0.25, 0.3) is 0 Å². The van der Waals surface area contributed by atoms with Gasteiger partial charge in [-0.3, -0.25) is 4.79 Å². The van der Waals surface area contributed by atoms with E-state index < -0.39 is 0 Å². The number of aldehydes is 1. The average Bonchev–Trinajstić information content (AvgIpc) is 2.06. The number of hydrogen-bond acceptors (Lipinski definition) is 3. The first-order valence-corrected chi connectivity index (χ1v) is 3.28. The van der Waals surface area contributed by atoms with Crippen molar-refractivity contribution in [3.63, 3.8) is 0 Å². The molecule has 0 fully saturated rings. The van der Waals surface area contributed by atoms with Crippen molar-refractivity contribution in [1.82, 2.24) is 5.48 Å². The highest BCUT2D eigenvalue weighted by Crippen LogP contribution is 2.04. The summed E-state index contributed by atoms with van der Waals surface area (Å²) in [5, 5.41) is 8.37. The van der Waals surface area contributed by atoms with Crippen LogP contribution in [0.4, 0.5) is 0 Å². The Bertz CT molecular complexity index is 248. The summed E-state index contributed by atoms with van der Waals surface area (Å²) >= 11 is 0. The molecule has 1 aromatic carbocycles. The lowest BCUT2D eigenvalue weighted by atomic mass is 10.1. The van der Waals surface area contributed by atoms with Gasteiger partial charge in [0.2, 0.25) is 0 Å². The highest BCUT2D eigenvalue weighted by Gasteiger charge is 1.97. The predicted molar refractivity (Wildman–Crippen MR) is 40.5 cm³/mol. The summed E-state index contributed by atoms with van der Waals surface area (Å²) in [7, 11) is 0. The second-order valence-corrected chi connectivity index (χ2v) is 2.15. The minimum absolute atomic E-state index is 0.301. The highest BCUT2D eigenvalue weighted by molar-refractivity contribution is 5.77. The van der Waals surface area contributed by atoms with Crippen LogP contribution >= 0.6 is 0 Å². The number of nitrogens with one attached hydrogen (secondary N) is 1. The molecule has 0 saturated heterocycles. The number of benzene rings is 1. The number of hydrogen-bond donors (Lipinski definition) is 2. The van der Waals surface area contributed by atoms with Crippen LogP contribution in [0.5, 0.6) is 0 Å². The Morgan fingerprint density at radius 1 is 1.45 bits per heavy atom. The fourth-order valence-electron chi connectivity index (χ4n) is 0.895. The van der Waals surface area contributed by atoms with Crippen LogP contribution in [-0.2, 0) is 6.54 Å². The first-order valence-electron chi connectivity index (χ1n) is 3.28. The molecule has 2 N–H and O–H groups in total. The fraction of sp³-hybridized carbons (Fsp3) is 0.125. The van der Waals surface area contributed by atoms with Crippen LogP contribution < -0.4 is 5.48 Å². The molecular formula is C8H9NO2. The van der Waals surface area contributed by atoms with Gasteiger partial charge in [0.1, 0.15) is 6.29 Å². The molecule has 0 spiro atoms. The molecular weight excluding hydrogens is 142 g/mol. The van der Waals surface area contributed by atoms with Crippen LogP contribution in [0.25, 0.3) is 0 Å². The van der Waals surface area contributed by atoms with E-state index >= 15 is 0 Å². The van der Waals surface area contributed by atoms with Crippen molar-refractivity contribution in [2.45, 2.75) is 6.54 Å². The van der Waals surface area contributed by atoms with Crippen molar-refractivity contribution in [2.75, 3.05) is 0 Å². The van der Waals surface area contributed by atoms with Gasteiger partial charge in [0, 0.05) is 12.1 Å². The summed E-state index contributed by atoms with van der Waals surface area (Å²) in [6.07, 6.45) is 0.771. The summed E-state index contributed by atoms with van der Waals surface area (Å²) in [5.74, 6) is 0. The fourth-order valence-corrected chi connectivity index (χ4v) is 0.895. The van der Waals surface area contributed by atoms with Crippen LogP contribution in [0.15, 0.2) is 24.3 Å². The Hall–Kier alpha value is -1.19. The van der Waals surface area contributed by atoms with Crippen LogP contribution in [0.3, 0.4) is 0 Å². The lowest BCUT2D eigenvalue weighted by Crippen LogP contribution is -2.07. The minimum atomic E-state index is 0.301. The van der Waals surface area contributed by atoms with Gasteiger partial charge in [-0.1, -0.05) is 24.3 Å². The SMILES string of the molecule is O=Cc1ccccc1CNO. The van der Waals surface area contributed by atoms with Crippen LogP contribution in [-0.4, -0.2) is 11.5 Å². The van der Waals surface area contributed by atoms with E-state index in [9.17, 15) is 4.79 Å². The standard InChI is InChI=1S/C8H9NO2/c10-6-8-4-2-1-3-7(8)5-9-11/h1-4,6,9,11H,5H2. The Morgan fingerprint density at radius 2 is 2.18 bits per heavy atom. The van der Waals surface area contributed by atoms with Gasteiger partial charge in [-0.05, 0) is 5.56 Å². The van der Waals surface area contributed by atoms with Gasteiger partial charge in [-0.15, -0.1) is 0 Å². The number of carbonyl (C=O) groups is 1. The third-order valence-electron chi connectivity index (χ3n) is 1.45. The average molecular weight is 151 g/mol. The van der Waals surface area contributed by atoms with Crippen LogP contribution in [0, 0.1) is 0 Å². The second-order valence-electron chi connectivity index (χ2n) is 2.15. The van der Waals surface area contributed by atoms with Crippen molar-refractivity contribution in [1.29, 1.82) is 0 Å². The zero-order valence-corrected chi connectivity index (χ0v) is 5.95. The maximum atomic E-state index is 10.4. The number of carbonyl (C=O) groups excluding carboxylic acids is 1. The molecule has 3 heteroatoms. The van der Waals surface area contributed by atoms with E-state index in [-0.39, 0.29) is 0 Å². The van der Waals surface area contributed by atoms with E-state index in [1.54, 1.807) is 18.2 Å². The van der Waals surface area contributed by atoms with Crippen molar-refractivity contribution < 1.29 is 10.0 Å². The van der Waals surface area contributed by atoms with Crippen LogP contribution in [0.2, 0.25) is 0 Å². The molecule has 0 aliphatic carbocycles. The van der Waals surface area contributed by atoms with Gasteiger partial charge in [0.05, 0.1) is 0 Å². The van der Waals surface area contributed by atoms with E-state index in [4.69, 9.17) is 5.21 Å². The molecule has 0 bridgehead atoms. The molecule has 58 valence electrons. The van der Waals surface area contributed by atoms with Crippen molar-refractivity contribution in [3.05, 3.63) is 35.4 Å². The van der Waals surface area contributed by atoms with Crippen molar-refractivity contribution in [2.24, 2.45) is 0 Å². The molecule has 0 aliphatic rings. The van der Waals surface area contributed by atoms with Crippen molar-refractivity contribution >= 4 is 6.29 Å². The first kappa shape index (κ1) is 7.91. The molecule has 0 radical (unpaired) electrons. The van der Waals surface area contributed by atoms with E-state index in [2.05, 4.69) is 0 Å². The summed E-state index contributed by atoms with van der Waals surface area (Å²) in [5.41, 5.74) is 3.40. The van der Waals surface area contributed by atoms with Gasteiger partial charge in [-0.2, -0.15) is 0 Å². The quantitative estimate of drug-likeness (QED) is 0.500. The van der Waals surface area contributed by atoms with Gasteiger partial charge >= 0.3 is 0 Å². The third kappa shape index (κ3) is 1.86. The smallest absolute Gasteiger partial charge is 0.150 e. The Morgan fingerprint density at radius 3 is 2.82 bits per heavy atom. The zero-order valence-electron chi connectivity index (χ0n) is 5.95. The molecule has 0 unspecified atom stereocenters. The largest absolute Gasteiger partial charge is 0.316 e. The number of hydroxylamine groups is 1. The molecule has 0 amide bonds. The summed E-state index contributed by atoms with van der Waals surface area (Å²) in [6.45, 7) is 0.301. The van der Waals surface area contributed by atoms with E-state index in [0.717, 1.165) is 11.8 Å². The lowest BCUT2D eigenvalue weighted by Gasteiger charge is -2.00. The first-order chi connectivity index (χ1) is 5.38. The predicted octanol–water partition coefficient (Wildman–Crippen LogP) is 0.978. The Kier molecular flexibility index (Phi) is 2.77. The molecule has 0 atom stereocenters. The van der Waals surface area contributed by atoms with Crippen LogP contribution in [0.1, 0.15) is 15.9 Å².